The lowest BCUT2D eigenvalue weighted by atomic mass is 9.90. The number of aromatic amines is 1. The van der Waals surface area contributed by atoms with Gasteiger partial charge in [-0.2, -0.15) is 18.2 Å². The van der Waals surface area contributed by atoms with Crippen molar-refractivity contribution in [2.75, 3.05) is 7.11 Å². The normalized spacial score (nSPS) is 13.6. The number of carbonyl (C=O) groups is 1. The number of hydrogen-bond acceptors (Lipinski definition) is 5. The lowest BCUT2D eigenvalue weighted by Gasteiger charge is -2.31. The second kappa shape index (κ2) is 10.9. The van der Waals surface area contributed by atoms with Gasteiger partial charge in [-0.15, -0.1) is 0 Å². The molecule has 0 radical (unpaired) electrons. The van der Waals surface area contributed by atoms with Crippen LogP contribution in [0.25, 0.3) is 22.8 Å². The molecule has 1 heterocycles. The van der Waals surface area contributed by atoms with E-state index in [9.17, 15) is 22.8 Å². The average Bonchev–Trinajstić information content (AvgIpc) is 2.83. The highest BCUT2D eigenvalue weighted by Gasteiger charge is 2.58. The van der Waals surface area contributed by atoms with E-state index < -0.39 is 36.1 Å². The number of H-pyrrole nitrogens is 1. The molecule has 0 saturated heterocycles. The molecule has 0 aliphatic rings. The number of halogens is 4. The SMILES string of the molecule is CCC(OC)(C(=O)CCc1ccc(Cl)c(-c2nc(-c3cccc(C(C)C)c3)nc(=O)[nH]2)c1)C(F)(F)F. The van der Waals surface area contributed by atoms with E-state index in [1.54, 1.807) is 24.3 Å². The molecule has 0 spiro atoms. The Morgan fingerprint density at radius 2 is 1.86 bits per heavy atom. The van der Waals surface area contributed by atoms with Gasteiger partial charge >= 0.3 is 11.9 Å². The van der Waals surface area contributed by atoms with Crippen LogP contribution < -0.4 is 5.69 Å². The standard InChI is InChI=1S/C26H27ClF3N3O3/c1-5-25(36-4,26(28,29)30)21(34)12-10-16-9-11-20(27)19(13-16)23-31-22(32-24(35)33-23)18-8-6-7-17(14-18)15(2)3/h6-9,11,13-15H,5,10,12H2,1-4H3,(H,31,32,33,35). The molecule has 0 aliphatic heterocycles. The van der Waals surface area contributed by atoms with Gasteiger partial charge in [-0.05, 0) is 48.1 Å². The lowest BCUT2D eigenvalue weighted by molar-refractivity contribution is -0.259. The molecule has 3 aromatic rings. The van der Waals surface area contributed by atoms with Crippen molar-refractivity contribution in [1.82, 2.24) is 15.0 Å². The van der Waals surface area contributed by atoms with Gasteiger partial charge in [0.15, 0.2) is 11.6 Å². The van der Waals surface area contributed by atoms with Crippen LogP contribution in [0.5, 0.6) is 0 Å². The van der Waals surface area contributed by atoms with Gasteiger partial charge in [0, 0.05) is 24.7 Å². The molecule has 3 rings (SSSR count). The number of methoxy groups -OCH3 is 1. The van der Waals surface area contributed by atoms with Gasteiger partial charge in [-0.25, -0.2) is 9.78 Å². The first-order valence-electron chi connectivity index (χ1n) is 11.4. The fourth-order valence-electron chi connectivity index (χ4n) is 3.98. The van der Waals surface area contributed by atoms with E-state index in [0.29, 0.717) is 16.7 Å². The summed E-state index contributed by atoms with van der Waals surface area (Å²) in [5.74, 6) is -0.416. The summed E-state index contributed by atoms with van der Waals surface area (Å²) in [6.45, 7) is 5.35. The van der Waals surface area contributed by atoms with Crippen molar-refractivity contribution >= 4 is 17.4 Å². The third kappa shape index (κ3) is 5.68. The molecule has 1 unspecified atom stereocenters. The lowest BCUT2D eigenvalue weighted by Crippen LogP contribution is -2.53. The van der Waals surface area contributed by atoms with E-state index in [0.717, 1.165) is 12.7 Å². The number of carbonyl (C=O) groups excluding carboxylic acids is 1. The summed E-state index contributed by atoms with van der Waals surface area (Å²) in [4.78, 5) is 35.9. The Morgan fingerprint density at radius 1 is 1.14 bits per heavy atom. The fraction of sp³-hybridized carbons (Fsp3) is 0.385. The number of alkyl halides is 3. The summed E-state index contributed by atoms with van der Waals surface area (Å²) in [6, 6.07) is 12.3. The quantitative estimate of drug-likeness (QED) is 0.366. The first-order valence-corrected chi connectivity index (χ1v) is 11.8. The molecule has 0 bridgehead atoms. The molecule has 1 atom stereocenters. The second-order valence-electron chi connectivity index (χ2n) is 8.73. The van der Waals surface area contributed by atoms with Crippen LogP contribution in [-0.4, -0.2) is 39.6 Å². The predicted molar refractivity (Wildman–Crippen MR) is 132 cm³/mol. The van der Waals surface area contributed by atoms with Gasteiger partial charge in [0.1, 0.15) is 5.82 Å². The molecule has 0 amide bonds. The van der Waals surface area contributed by atoms with Crippen LogP contribution in [0.1, 0.15) is 50.7 Å². The largest absolute Gasteiger partial charge is 0.424 e. The molecule has 1 aromatic heterocycles. The number of ether oxygens (including phenoxy) is 1. The van der Waals surface area contributed by atoms with E-state index in [2.05, 4.69) is 19.7 Å². The van der Waals surface area contributed by atoms with Crippen molar-refractivity contribution in [2.45, 2.75) is 57.7 Å². The molecule has 0 saturated carbocycles. The molecule has 10 heteroatoms. The summed E-state index contributed by atoms with van der Waals surface area (Å²) in [6.07, 6.45) is -5.73. The number of aromatic nitrogens is 3. The van der Waals surface area contributed by atoms with Gasteiger partial charge in [0.2, 0.25) is 5.60 Å². The zero-order valence-electron chi connectivity index (χ0n) is 20.4. The molecule has 0 aliphatic carbocycles. The molecular weight excluding hydrogens is 495 g/mol. The van der Waals surface area contributed by atoms with E-state index in [4.69, 9.17) is 11.6 Å². The van der Waals surface area contributed by atoms with Crippen molar-refractivity contribution in [3.8, 4) is 22.8 Å². The summed E-state index contributed by atoms with van der Waals surface area (Å²) in [5, 5.41) is 0.274. The molecule has 36 heavy (non-hydrogen) atoms. The van der Waals surface area contributed by atoms with Gasteiger partial charge in [-0.1, -0.05) is 56.6 Å². The van der Waals surface area contributed by atoms with Gasteiger partial charge in [0.25, 0.3) is 0 Å². The predicted octanol–water partition coefficient (Wildman–Crippen LogP) is 6.13. The number of benzene rings is 2. The van der Waals surface area contributed by atoms with Crippen LogP contribution in [0.2, 0.25) is 5.02 Å². The number of aryl methyl sites for hydroxylation is 1. The van der Waals surface area contributed by atoms with Crippen LogP contribution in [0.15, 0.2) is 47.3 Å². The van der Waals surface area contributed by atoms with Crippen molar-refractivity contribution < 1.29 is 22.7 Å². The van der Waals surface area contributed by atoms with Crippen molar-refractivity contribution in [2.24, 2.45) is 0 Å². The minimum Gasteiger partial charge on any atom is -0.362 e. The number of nitrogens with one attached hydrogen (secondary N) is 1. The maximum atomic E-state index is 13.6. The Balaban J connectivity index is 1.93. The third-order valence-corrected chi connectivity index (χ3v) is 6.47. The topological polar surface area (TPSA) is 84.9 Å². The van der Waals surface area contributed by atoms with Gasteiger partial charge < -0.3 is 4.74 Å². The zero-order chi connectivity index (χ0) is 26.7. The first-order chi connectivity index (χ1) is 16.9. The first kappa shape index (κ1) is 27.5. The van der Waals surface area contributed by atoms with Crippen LogP contribution in [-0.2, 0) is 16.0 Å². The Labute approximate surface area is 211 Å². The zero-order valence-corrected chi connectivity index (χ0v) is 21.1. The van der Waals surface area contributed by atoms with Crippen LogP contribution in [0, 0.1) is 0 Å². The summed E-state index contributed by atoms with van der Waals surface area (Å²) in [5.41, 5.74) is -0.838. The Bertz CT molecular complexity index is 1300. The minimum atomic E-state index is -4.83. The number of nitrogens with zero attached hydrogens (tertiary/aromatic N) is 2. The Kier molecular flexibility index (Phi) is 8.36. The maximum absolute atomic E-state index is 13.6. The molecule has 192 valence electrons. The van der Waals surface area contributed by atoms with E-state index >= 15 is 0 Å². The fourth-order valence-corrected chi connectivity index (χ4v) is 4.18. The third-order valence-electron chi connectivity index (χ3n) is 6.14. The highest BCUT2D eigenvalue weighted by molar-refractivity contribution is 6.33. The van der Waals surface area contributed by atoms with Gasteiger partial charge in [0.05, 0.1) is 5.02 Å². The van der Waals surface area contributed by atoms with E-state index in [-0.39, 0.29) is 29.0 Å². The average molecular weight is 522 g/mol. The van der Waals surface area contributed by atoms with Crippen LogP contribution >= 0.6 is 11.6 Å². The maximum Gasteiger partial charge on any atom is 0.424 e. The highest BCUT2D eigenvalue weighted by Crippen LogP contribution is 2.38. The summed E-state index contributed by atoms with van der Waals surface area (Å²) < 4.78 is 45.3. The van der Waals surface area contributed by atoms with E-state index in [1.165, 1.54) is 6.92 Å². The number of rotatable bonds is 9. The number of ketones is 1. The molecule has 1 N–H and O–H groups in total. The summed E-state index contributed by atoms with van der Waals surface area (Å²) in [7, 11) is 0.884. The molecule has 0 fully saturated rings. The Hall–Kier alpha value is -3.04. The van der Waals surface area contributed by atoms with E-state index in [1.807, 2.05) is 32.0 Å². The molecule has 6 nitrogen and oxygen atoms in total. The Morgan fingerprint density at radius 3 is 2.47 bits per heavy atom. The number of hydrogen-bond donors (Lipinski definition) is 1. The molecular formula is C26H27ClF3N3O3. The second-order valence-corrected chi connectivity index (χ2v) is 9.13. The number of Topliss-reactive ketones (excluding diaryl/α,β-unsaturated/α-hetero) is 1. The van der Waals surface area contributed by atoms with Crippen molar-refractivity contribution in [3.63, 3.8) is 0 Å². The van der Waals surface area contributed by atoms with Crippen molar-refractivity contribution in [1.29, 1.82) is 0 Å². The minimum absolute atomic E-state index is 0.0167. The molecule has 2 aromatic carbocycles. The van der Waals surface area contributed by atoms with Crippen molar-refractivity contribution in [3.05, 3.63) is 69.1 Å². The monoisotopic (exact) mass is 521 g/mol. The summed E-state index contributed by atoms with van der Waals surface area (Å²) >= 11 is 6.37. The van der Waals surface area contributed by atoms with Crippen LogP contribution in [0.4, 0.5) is 13.2 Å². The van der Waals surface area contributed by atoms with Crippen LogP contribution in [0.3, 0.4) is 0 Å². The highest BCUT2D eigenvalue weighted by atomic mass is 35.5. The smallest absolute Gasteiger partial charge is 0.362 e. The van der Waals surface area contributed by atoms with Gasteiger partial charge in [-0.3, -0.25) is 9.78 Å².